The van der Waals surface area contributed by atoms with Gasteiger partial charge in [-0.25, -0.2) is 0 Å². The van der Waals surface area contributed by atoms with E-state index in [4.69, 9.17) is 0 Å². The molecule has 0 spiro atoms. The average molecular weight is 473 g/mol. The lowest BCUT2D eigenvalue weighted by molar-refractivity contribution is 0.0951. The van der Waals surface area contributed by atoms with Crippen molar-refractivity contribution < 1.29 is 9.59 Å². The van der Waals surface area contributed by atoms with Crippen LogP contribution in [0, 0.1) is 0 Å². The van der Waals surface area contributed by atoms with E-state index in [0.29, 0.717) is 23.4 Å². The second kappa shape index (κ2) is 10.6. The summed E-state index contributed by atoms with van der Waals surface area (Å²) in [5, 5.41) is 5.95. The van der Waals surface area contributed by atoms with E-state index in [-0.39, 0.29) is 11.8 Å². The van der Waals surface area contributed by atoms with E-state index < -0.39 is 0 Å². The van der Waals surface area contributed by atoms with E-state index in [0.717, 1.165) is 49.1 Å². The summed E-state index contributed by atoms with van der Waals surface area (Å²) >= 11 is 3.41. The predicted octanol–water partition coefficient (Wildman–Crippen LogP) is 3.98. The lowest BCUT2D eigenvalue weighted by atomic mass is 10.1. The molecule has 0 saturated carbocycles. The van der Waals surface area contributed by atoms with Crippen molar-refractivity contribution in [3.05, 3.63) is 58.1 Å². The van der Waals surface area contributed by atoms with Gasteiger partial charge in [0.2, 0.25) is 0 Å². The molecule has 2 aromatic rings. The summed E-state index contributed by atoms with van der Waals surface area (Å²) in [4.78, 5) is 30.0. The Hall–Kier alpha value is -2.38. The molecule has 30 heavy (non-hydrogen) atoms. The fourth-order valence-corrected chi connectivity index (χ4v) is 4.03. The van der Waals surface area contributed by atoms with Crippen LogP contribution in [0.5, 0.6) is 0 Å². The molecule has 1 heterocycles. The summed E-state index contributed by atoms with van der Waals surface area (Å²) in [6, 6.07) is 12.9. The van der Waals surface area contributed by atoms with Gasteiger partial charge >= 0.3 is 0 Å². The molecule has 2 aromatic carbocycles. The highest BCUT2D eigenvalue weighted by Gasteiger charge is 2.21. The number of amides is 2. The van der Waals surface area contributed by atoms with E-state index >= 15 is 0 Å². The predicted molar refractivity (Wildman–Crippen MR) is 125 cm³/mol. The Labute approximate surface area is 186 Å². The molecular weight excluding hydrogens is 444 g/mol. The van der Waals surface area contributed by atoms with Crippen LogP contribution >= 0.6 is 15.9 Å². The minimum Gasteiger partial charge on any atom is -0.371 e. The second-order valence-corrected chi connectivity index (χ2v) is 8.63. The van der Waals surface area contributed by atoms with Gasteiger partial charge in [0.25, 0.3) is 11.8 Å². The summed E-state index contributed by atoms with van der Waals surface area (Å²) in [6.07, 6.45) is 3.14. The Morgan fingerprint density at radius 2 is 1.77 bits per heavy atom. The van der Waals surface area contributed by atoms with E-state index in [2.05, 4.69) is 36.4 Å². The molecule has 6 nitrogen and oxygen atoms in total. The van der Waals surface area contributed by atoms with Crippen LogP contribution in [0.1, 0.15) is 40.0 Å². The molecule has 1 fully saturated rings. The highest BCUT2D eigenvalue weighted by atomic mass is 79.9. The van der Waals surface area contributed by atoms with Gasteiger partial charge in [-0.3, -0.25) is 9.59 Å². The number of rotatable bonds is 8. The van der Waals surface area contributed by atoms with Crippen LogP contribution in [0.15, 0.2) is 46.9 Å². The molecular formula is C23H29BrN4O2. The Morgan fingerprint density at radius 1 is 1.03 bits per heavy atom. The quantitative estimate of drug-likeness (QED) is 0.570. The lowest BCUT2D eigenvalue weighted by Crippen LogP contribution is -2.29. The van der Waals surface area contributed by atoms with Crippen molar-refractivity contribution in [2.45, 2.75) is 19.3 Å². The monoisotopic (exact) mass is 472 g/mol. The van der Waals surface area contributed by atoms with Gasteiger partial charge in [0, 0.05) is 35.5 Å². The minimum absolute atomic E-state index is 0.104. The third-order valence-electron chi connectivity index (χ3n) is 5.13. The molecule has 0 radical (unpaired) electrons. The number of anilines is 2. The van der Waals surface area contributed by atoms with Crippen LogP contribution < -0.4 is 15.5 Å². The van der Waals surface area contributed by atoms with E-state index in [1.54, 1.807) is 12.1 Å². The van der Waals surface area contributed by atoms with Crippen LogP contribution in [0.3, 0.4) is 0 Å². The van der Waals surface area contributed by atoms with Crippen molar-refractivity contribution >= 4 is 39.1 Å². The number of hydrogen-bond donors (Lipinski definition) is 2. The van der Waals surface area contributed by atoms with Crippen molar-refractivity contribution in [1.29, 1.82) is 0 Å². The number of nitrogens with one attached hydrogen (secondary N) is 2. The zero-order valence-electron chi connectivity index (χ0n) is 17.6. The van der Waals surface area contributed by atoms with E-state index in [1.807, 2.05) is 44.4 Å². The average Bonchev–Trinajstić information content (AvgIpc) is 3.26. The smallest absolute Gasteiger partial charge is 0.256 e. The fraction of sp³-hybridized carbons (Fsp3) is 0.391. The summed E-state index contributed by atoms with van der Waals surface area (Å²) in [7, 11) is 4.04. The molecule has 0 bridgehead atoms. The maximum Gasteiger partial charge on any atom is 0.256 e. The third-order valence-corrected chi connectivity index (χ3v) is 5.82. The molecule has 0 unspecified atom stereocenters. The van der Waals surface area contributed by atoms with Crippen molar-refractivity contribution in [3.8, 4) is 0 Å². The highest BCUT2D eigenvalue weighted by Crippen LogP contribution is 2.28. The van der Waals surface area contributed by atoms with E-state index in [1.165, 1.54) is 0 Å². The topological polar surface area (TPSA) is 64.7 Å². The number of carbonyl (C=O) groups is 2. The molecule has 0 aromatic heterocycles. The van der Waals surface area contributed by atoms with Gasteiger partial charge in [-0.15, -0.1) is 0 Å². The number of benzene rings is 2. The van der Waals surface area contributed by atoms with Gasteiger partial charge < -0.3 is 20.4 Å². The standard InChI is InChI=1S/C23H29BrN4O2/c1-27(2)13-7-12-25-22(29)19-16-17(10-11-21(19)28-14-5-6-15-28)26-23(30)18-8-3-4-9-20(18)24/h3-4,8-11,16H,5-7,12-15H2,1-2H3,(H,25,29)(H,26,30). The van der Waals surface area contributed by atoms with Crippen LogP contribution in [0.25, 0.3) is 0 Å². The number of carbonyl (C=O) groups excluding carboxylic acids is 2. The Bertz CT molecular complexity index is 895. The van der Waals surface area contributed by atoms with E-state index in [9.17, 15) is 9.59 Å². The van der Waals surface area contributed by atoms with Gasteiger partial charge in [-0.2, -0.15) is 0 Å². The van der Waals surface area contributed by atoms with Crippen LogP contribution in [-0.4, -0.2) is 57.0 Å². The second-order valence-electron chi connectivity index (χ2n) is 7.77. The molecule has 7 heteroatoms. The van der Waals surface area contributed by atoms with Crippen LogP contribution in [0.2, 0.25) is 0 Å². The first kappa shape index (κ1) is 22.3. The molecule has 2 N–H and O–H groups in total. The van der Waals surface area contributed by atoms with Crippen molar-refractivity contribution in [1.82, 2.24) is 10.2 Å². The SMILES string of the molecule is CN(C)CCCNC(=O)c1cc(NC(=O)c2ccccc2Br)ccc1N1CCCC1. The highest BCUT2D eigenvalue weighted by molar-refractivity contribution is 9.10. The zero-order valence-corrected chi connectivity index (χ0v) is 19.2. The van der Waals surface area contributed by atoms with Gasteiger partial charge in [0.1, 0.15) is 0 Å². The number of halogens is 1. The summed E-state index contributed by atoms with van der Waals surface area (Å²) in [6.45, 7) is 3.43. The Kier molecular flexibility index (Phi) is 7.87. The maximum atomic E-state index is 13.0. The first-order valence-corrected chi connectivity index (χ1v) is 11.1. The van der Waals surface area contributed by atoms with Gasteiger partial charge in [0.15, 0.2) is 0 Å². The zero-order chi connectivity index (χ0) is 21.5. The largest absolute Gasteiger partial charge is 0.371 e. The normalized spacial score (nSPS) is 13.5. The summed E-state index contributed by atoms with van der Waals surface area (Å²) in [5.41, 5.74) is 2.69. The fourth-order valence-electron chi connectivity index (χ4n) is 3.57. The Balaban J connectivity index is 1.78. The lowest BCUT2D eigenvalue weighted by Gasteiger charge is -2.22. The number of hydrogen-bond acceptors (Lipinski definition) is 4. The molecule has 2 amide bonds. The molecule has 0 aliphatic carbocycles. The van der Waals surface area contributed by atoms with Crippen LogP contribution in [0.4, 0.5) is 11.4 Å². The van der Waals surface area contributed by atoms with Crippen molar-refractivity contribution in [2.24, 2.45) is 0 Å². The Morgan fingerprint density at radius 3 is 2.47 bits per heavy atom. The molecule has 0 atom stereocenters. The molecule has 1 aliphatic rings. The molecule has 3 rings (SSSR count). The van der Waals surface area contributed by atoms with Gasteiger partial charge in [-0.05, 0) is 86.2 Å². The van der Waals surface area contributed by atoms with Gasteiger partial charge in [0.05, 0.1) is 11.1 Å². The number of nitrogens with zero attached hydrogens (tertiary/aromatic N) is 2. The first-order valence-electron chi connectivity index (χ1n) is 10.3. The minimum atomic E-state index is -0.214. The molecule has 1 saturated heterocycles. The molecule has 160 valence electrons. The molecule has 1 aliphatic heterocycles. The summed E-state index contributed by atoms with van der Waals surface area (Å²) in [5.74, 6) is -0.318. The third kappa shape index (κ3) is 5.83. The maximum absolute atomic E-state index is 13.0. The summed E-state index contributed by atoms with van der Waals surface area (Å²) < 4.78 is 0.732. The van der Waals surface area contributed by atoms with Crippen molar-refractivity contribution in [2.75, 3.05) is 50.5 Å². The van der Waals surface area contributed by atoms with Gasteiger partial charge in [-0.1, -0.05) is 12.1 Å². The first-order chi connectivity index (χ1) is 14.5. The van der Waals surface area contributed by atoms with Crippen LogP contribution in [-0.2, 0) is 0 Å². The van der Waals surface area contributed by atoms with Crippen molar-refractivity contribution in [3.63, 3.8) is 0 Å².